The number of furan rings is 1. The molecule has 0 saturated carbocycles. The number of anilines is 1. The van der Waals surface area contributed by atoms with E-state index in [1.165, 1.54) is 30.0 Å². The molecule has 1 saturated heterocycles. The van der Waals surface area contributed by atoms with Crippen LogP contribution in [0, 0.1) is 5.82 Å². The first-order valence-electron chi connectivity index (χ1n) is 8.67. The molecule has 0 bridgehead atoms. The van der Waals surface area contributed by atoms with Gasteiger partial charge in [0.25, 0.3) is 5.91 Å². The molecular formula is C22H14FNO3S2. The fourth-order valence-electron chi connectivity index (χ4n) is 2.89. The Morgan fingerprint density at radius 2 is 1.90 bits per heavy atom. The van der Waals surface area contributed by atoms with Crippen LogP contribution in [0.25, 0.3) is 17.4 Å². The summed E-state index contributed by atoms with van der Waals surface area (Å²) in [6.45, 7) is 1.51. The molecule has 0 radical (unpaired) electrons. The molecule has 4 rings (SSSR count). The molecule has 2 aromatic carbocycles. The lowest BCUT2D eigenvalue weighted by Gasteiger charge is -2.14. The number of hydrogen-bond donors (Lipinski definition) is 0. The first-order valence-corrected chi connectivity index (χ1v) is 9.89. The highest BCUT2D eigenvalue weighted by Crippen LogP contribution is 2.36. The smallest absolute Gasteiger partial charge is 0.270 e. The van der Waals surface area contributed by atoms with Crippen LogP contribution in [-0.4, -0.2) is 16.0 Å². The summed E-state index contributed by atoms with van der Waals surface area (Å²) in [6.07, 6.45) is 1.62. The van der Waals surface area contributed by atoms with Gasteiger partial charge in [0.1, 0.15) is 17.3 Å². The number of amides is 1. The summed E-state index contributed by atoms with van der Waals surface area (Å²) >= 11 is 6.43. The summed E-state index contributed by atoms with van der Waals surface area (Å²) < 4.78 is 19.7. The van der Waals surface area contributed by atoms with Gasteiger partial charge in [-0.2, -0.15) is 0 Å². The minimum atomic E-state index is -0.438. The number of hydrogen-bond acceptors (Lipinski definition) is 5. The van der Waals surface area contributed by atoms with Gasteiger partial charge in [-0.25, -0.2) is 4.39 Å². The molecule has 0 unspecified atom stereocenters. The van der Waals surface area contributed by atoms with Gasteiger partial charge in [0.15, 0.2) is 10.1 Å². The van der Waals surface area contributed by atoms with Crippen LogP contribution < -0.4 is 4.90 Å². The van der Waals surface area contributed by atoms with E-state index in [-0.39, 0.29) is 11.7 Å². The van der Waals surface area contributed by atoms with Crippen LogP contribution in [0.5, 0.6) is 0 Å². The number of Topliss-reactive ketones (excluding diaryl/α,β-unsaturated/α-hetero) is 1. The van der Waals surface area contributed by atoms with Gasteiger partial charge in [0.05, 0.1) is 10.6 Å². The number of halogens is 1. The Kier molecular flexibility index (Phi) is 5.17. The van der Waals surface area contributed by atoms with Crippen LogP contribution in [0.3, 0.4) is 0 Å². The van der Waals surface area contributed by atoms with Crippen LogP contribution in [-0.2, 0) is 4.79 Å². The predicted octanol–water partition coefficient (Wildman–Crippen LogP) is 5.69. The van der Waals surface area contributed by atoms with Gasteiger partial charge in [-0.3, -0.25) is 14.5 Å². The molecule has 0 atom stereocenters. The Balaban J connectivity index is 1.58. The van der Waals surface area contributed by atoms with E-state index in [0.29, 0.717) is 32.0 Å². The van der Waals surface area contributed by atoms with Gasteiger partial charge < -0.3 is 4.42 Å². The molecule has 1 fully saturated rings. The average Bonchev–Trinajstić information content (AvgIpc) is 3.26. The van der Waals surface area contributed by atoms with Crippen molar-refractivity contribution in [3.05, 3.63) is 82.7 Å². The molecule has 2 heterocycles. The molecule has 1 amide bonds. The zero-order chi connectivity index (χ0) is 20.5. The summed E-state index contributed by atoms with van der Waals surface area (Å²) in [5.41, 5.74) is 1.84. The lowest BCUT2D eigenvalue weighted by Crippen LogP contribution is -2.27. The quantitative estimate of drug-likeness (QED) is 0.306. The fourth-order valence-corrected chi connectivity index (χ4v) is 4.17. The summed E-state index contributed by atoms with van der Waals surface area (Å²) in [5, 5.41) is 0. The molecule has 4 nitrogen and oxygen atoms in total. The van der Waals surface area contributed by atoms with Crippen LogP contribution in [0.1, 0.15) is 23.0 Å². The van der Waals surface area contributed by atoms with Crippen molar-refractivity contribution in [3.8, 4) is 11.3 Å². The highest BCUT2D eigenvalue weighted by Gasteiger charge is 2.33. The second-order valence-electron chi connectivity index (χ2n) is 6.33. The third-order valence-electron chi connectivity index (χ3n) is 4.34. The molecule has 144 valence electrons. The topological polar surface area (TPSA) is 50.5 Å². The maximum Gasteiger partial charge on any atom is 0.270 e. The van der Waals surface area contributed by atoms with Crippen molar-refractivity contribution in [1.29, 1.82) is 0 Å². The molecule has 1 aromatic heterocycles. The molecule has 0 N–H and O–H groups in total. The lowest BCUT2D eigenvalue weighted by molar-refractivity contribution is -0.113. The van der Waals surface area contributed by atoms with Crippen LogP contribution >= 0.6 is 24.0 Å². The number of rotatable bonds is 4. The van der Waals surface area contributed by atoms with Gasteiger partial charge in [0.2, 0.25) is 0 Å². The molecular weight excluding hydrogens is 409 g/mol. The largest absolute Gasteiger partial charge is 0.457 e. The number of thioether (sulfide) groups is 1. The molecule has 0 spiro atoms. The van der Waals surface area contributed by atoms with Crippen LogP contribution in [0.4, 0.5) is 10.1 Å². The number of carbonyl (C=O) groups is 2. The van der Waals surface area contributed by atoms with Gasteiger partial charge in [-0.15, -0.1) is 0 Å². The summed E-state index contributed by atoms with van der Waals surface area (Å²) in [7, 11) is 0. The molecule has 1 aliphatic heterocycles. The van der Waals surface area contributed by atoms with E-state index < -0.39 is 5.82 Å². The standard InChI is InChI=1S/C22H14FNO3S2/c1-13(25)14-5-7-15(8-6-14)19-10-9-18(27-19)12-20-21(26)24(22(28)29-20)17-4-2-3-16(23)11-17/h2-12H,1H3/b20-12-. The average molecular weight is 423 g/mol. The van der Waals surface area contributed by atoms with Crippen molar-refractivity contribution in [2.45, 2.75) is 6.92 Å². The molecule has 0 aliphatic carbocycles. The number of benzene rings is 2. The summed E-state index contributed by atoms with van der Waals surface area (Å²) in [6, 6.07) is 16.4. The van der Waals surface area contributed by atoms with E-state index in [4.69, 9.17) is 16.6 Å². The zero-order valence-corrected chi connectivity index (χ0v) is 16.9. The van der Waals surface area contributed by atoms with Crippen molar-refractivity contribution in [2.24, 2.45) is 0 Å². The SMILES string of the molecule is CC(=O)c1ccc(-c2ccc(/C=C3\SC(=S)N(c4cccc(F)c4)C3=O)o2)cc1. The lowest BCUT2D eigenvalue weighted by atomic mass is 10.1. The van der Waals surface area contributed by atoms with Gasteiger partial charge in [-0.1, -0.05) is 54.3 Å². The Bertz CT molecular complexity index is 1160. The van der Waals surface area contributed by atoms with E-state index in [2.05, 4.69) is 0 Å². The first-order chi connectivity index (χ1) is 13.9. The minimum absolute atomic E-state index is 0.00277. The second-order valence-corrected chi connectivity index (χ2v) is 8.01. The van der Waals surface area contributed by atoms with Crippen molar-refractivity contribution >= 4 is 51.8 Å². The number of thiocarbonyl (C=S) groups is 1. The fraction of sp³-hybridized carbons (Fsp3) is 0.0455. The minimum Gasteiger partial charge on any atom is -0.457 e. The Morgan fingerprint density at radius 1 is 1.14 bits per heavy atom. The maximum absolute atomic E-state index is 13.5. The van der Waals surface area contributed by atoms with E-state index in [0.717, 1.165) is 17.3 Å². The van der Waals surface area contributed by atoms with Crippen LogP contribution in [0.2, 0.25) is 0 Å². The van der Waals surface area contributed by atoms with Crippen molar-refractivity contribution < 1.29 is 18.4 Å². The summed E-state index contributed by atoms with van der Waals surface area (Å²) in [5.74, 6) is 0.348. The van der Waals surface area contributed by atoms with Crippen molar-refractivity contribution in [1.82, 2.24) is 0 Å². The highest BCUT2D eigenvalue weighted by molar-refractivity contribution is 8.27. The Morgan fingerprint density at radius 3 is 2.59 bits per heavy atom. The highest BCUT2D eigenvalue weighted by atomic mass is 32.2. The van der Waals surface area contributed by atoms with E-state index >= 15 is 0 Å². The Hall–Kier alpha value is -3.03. The third-order valence-corrected chi connectivity index (χ3v) is 5.64. The molecule has 3 aromatic rings. The third kappa shape index (κ3) is 3.92. The van der Waals surface area contributed by atoms with Crippen molar-refractivity contribution in [2.75, 3.05) is 4.90 Å². The van der Waals surface area contributed by atoms with Gasteiger partial charge in [-0.05, 0) is 37.3 Å². The molecule has 7 heteroatoms. The number of nitrogens with zero attached hydrogens (tertiary/aromatic N) is 1. The van der Waals surface area contributed by atoms with Crippen LogP contribution in [0.15, 0.2) is 70.0 Å². The second kappa shape index (κ2) is 7.77. The predicted molar refractivity (Wildman–Crippen MR) is 116 cm³/mol. The maximum atomic E-state index is 13.5. The van der Waals surface area contributed by atoms with E-state index in [9.17, 15) is 14.0 Å². The van der Waals surface area contributed by atoms with E-state index in [1.807, 2.05) is 12.1 Å². The van der Waals surface area contributed by atoms with Gasteiger partial charge >= 0.3 is 0 Å². The zero-order valence-electron chi connectivity index (χ0n) is 15.2. The monoisotopic (exact) mass is 423 g/mol. The van der Waals surface area contributed by atoms with Gasteiger partial charge in [0, 0.05) is 17.2 Å². The Labute approximate surface area is 176 Å². The van der Waals surface area contributed by atoms with Crippen molar-refractivity contribution in [3.63, 3.8) is 0 Å². The first kappa shape index (κ1) is 19.3. The molecule has 29 heavy (non-hydrogen) atoms. The molecule has 1 aliphatic rings. The number of ketones is 1. The van der Waals surface area contributed by atoms with E-state index in [1.54, 1.807) is 36.4 Å². The number of carbonyl (C=O) groups excluding carboxylic acids is 2. The summed E-state index contributed by atoms with van der Waals surface area (Å²) in [4.78, 5) is 25.9. The normalized spacial score (nSPS) is 15.4.